The lowest BCUT2D eigenvalue weighted by molar-refractivity contribution is 0.484. The van der Waals surface area contributed by atoms with Gasteiger partial charge in [0.05, 0.1) is 5.71 Å². The molecule has 1 aliphatic heterocycles. The summed E-state index contributed by atoms with van der Waals surface area (Å²) in [6, 6.07) is 7.03. The van der Waals surface area contributed by atoms with E-state index in [1.165, 1.54) is 0 Å². The van der Waals surface area contributed by atoms with Gasteiger partial charge in [-0.25, -0.2) is 0 Å². The Morgan fingerprint density at radius 2 is 2.07 bits per heavy atom. The molecule has 1 aliphatic rings. The SMILES string of the molecule is CCCC1=NS(=O)(=O)Oc2ccccc21. The van der Waals surface area contributed by atoms with Crippen molar-refractivity contribution in [1.82, 2.24) is 0 Å². The summed E-state index contributed by atoms with van der Waals surface area (Å²) in [6.45, 7) is 1.98. The smallest absolute Gasteiger partial charge is 0.365 e. The number of rotatable bonds is 2. The number of benzene rings is 1. The molecule has 0 fully saturated rings. The summed E-state index contributed by atoms with van der Waals surface area (Å²) >= 11 is 0. The van der Waals surface area contributed by atoms with E-state index in [1.807, 2.05) is 19.1 Å². The zero-order valence-corrected chi connectivity index (χ0v) is 9.12. The quantitative estimate of drug-likeness (QED) is 0.772. The monoisotopic (exact) mass is 225 g/mol. The topological polar surface area (TPSA) is 55.7 Å². The van der Waals surface area contributed by atoms with Crippen LogP contribution in [0.4, 0.5) is 0 Å². The van der Waals surface area contributed by atoms with Crippen molar-refractivity contribution in [3.05, 3.63) is 29.8 Å². The lowest BCUT2D eigenvalue weighted by Gasteiger charge is -2.15. The molecule has 1 aromatic rings. The largest absolute Gasteiger partial charge is 0.428 e. The van der Waals surface area contributed by atoms with Crippen molar-refractivity contribution in [1.29, 1.82) is 0 Å². The molecule has 15 heavy (non-hydrogen) atoms. The van der Waals surface area contributed by atoms with Gasteiger partial charge in [0.25, 0.3) is 0 Å². The summed E-state index contributed by atoms with van der Waals surface area (Å²) < 4.78 is 31.0. The van der Waals surface area contributed by atoms with Gasteiger partial charge in [-0.2, -0.15) is 8.42 Å². The first kappa shape index (κ1) is 10.2. The summed E-state index contributed by atoms with van der Waals surface area (Å²) in [5.74, 6) is 0.371. The third-order valence-electron chi connectivity index (χ3n) is 2.10. The summed E-state index contributed by atoms with van der Waals surface area (Å²) in [5, 5.41) is 0. The van der Waals surface area contributed by atoms with Crippen molar-refractivity contribution in [3.8, 4) is 5.75 Å². The summed E-state index contributed by atoms with van der Waals surface area (Å²) in [5.41, 5.74) is 1.36. The molecule has 0 aliphatic carbocycles. The fraction of sp³-hybridized carbons (Fsp3) is 0.300. The van der Waals surface area contributed by atoms with E-state index in [1.54, 1.807) is 12.1 Å². The van der Waals surface area contributed by atoms with Crippen LogP contribution in [-0.4, -0.2) is 14.1 Å². The summed E-state index contributed by atoms with van der Waals surface area (Å²) in [4.78, 5) is 0. The minimum absolute atomic E-state index is 0.371. The zero-order chi connectivity index (χ0) is 10.9. The molecule has 0 spiro atoms. The van der Waals surface area contributed by atoms with Gasteiger partial charge < -0.3 is 4.18 Å². The lowest BCUT2D eigenvalue weighted by Crippen LogP contribution is -2.18. The van der Waals surface area contributed by atoms with Crippen LogP contribution in [0, 0.1) is 0 Å². The first-order valence-corrected chi connectivity index (χ1v) is 6.11. The van der Waals surface area contributed by atoms with Crippen molar-refractivity contribution >= 4 is 16.0 Å². The van der Waals surface area contributed by atoms with Gasteiger partial charge in [0, 0.05) is 5.56 Å². The van der Waals surface area contributed by atoms with Crippen LogP contribution >= 0.6 is 0 Å². The van der Waals surface area contributed by atoms with E-state index in [0.717, 1.165) is 12.0 Å². The van der Waals surface area contributed by atoms with E-state index in [2.05, 4.69) is 4.40 Å². The molecular formula is C10H11NO3S. The minimum Gasteiger partial charge on any atom is -0.365 e. The molecular weight excluding hydrogens is 214 g/mol. The molecule has 0 saturated carbocycles. The summed E-state index contributed by atoms with van der Waals surface area (Å²) in [7, 11) is -3.78. The highest BCUT2D eigenvalue weighted by Gasteiger charge is 2.23. The Morgan fingerprint density at radius 1 is 1.33 bits per heavy atom. The molecule has 1 heterocycles. The Hall–Kier alpha value is -1.36. The molecule has 0 radical (unpaired) electrons. The van der Waals surface area contributed by atoms with E-state index >= 15 is 0 Å². The number of fused-ring (bicyclic) bond motifs is 1. The summed E-state index contributed by atoms with van der Waals surface area (Å²) in [6.07, 6.45) is 1.49. The van der Waals surface area contributed by atoms with Gasteiger partial charge in [-0.05, 0) is 18.6 Å². The van der Waals surface area contributed by atoms with Crippen LogP contribution in [0.2, 0.25) is 0 Å². The lowest BCUT2D eigenvalue weighted by atomic mass is 10.1. The van der Waals surface area contributed by atoms with Gasteiger partial charge in [0.15, 0.2) is 5.75 Å². The molecule has 0 amide bonds. The Labute approximate surface area is 88.9 Å². The first-order chi connectivity index (χ1) is 7.12. The maximum atomic E-state index is 11.3. The van der Waals surface area contributed by atoms with Crippen molar-refractivity contribution in [3.63, 3.8) is 0 Å². The second-order valence-electron chi connectivity index (χ2n) is 3.30. The highest BCUT2D eigenvalue weighted by Crippen LogP contribution is 2.27. The maximum Gasteiger partial charge on any atom is 0.428 e. The third kappa shape index (κ3) is 2.02. The normalized spacial score (nSPS) is 17.5. The molecule has 0 aromatic heterocycles. The zero-order valence-electron chi connectivity index (χ0n) is 8.30. The Balaban J connectivity index is 2.55. The molecule has 4 nitrogen and oxygen atoms in total. The molecule has 80 valence electrons. The molecule has 0 N–H and O–H groups in total. The van der Waals surface area contributed by atoms with Crippen LogP contribution in [0.15, 0.2) is 28.7 Å². The van der Waals surface area contributed by atoms with Crippen LogP contribution in [0.1, 0.15) is 25.3 Å². The van der Waals surface area contributed by atoms with Crippen LogP contribution in [0.3, 0.4) is 0 Å². The molecule has 0 bridgehead atoms. The van der Waals surface area contributed by atoms with Crippen molar-refractivity contribution < 1.29 is 12.6 Å². The first-order valence-electron chi connectivity index (χ1n) is 4.75. The van der Waals surface area contributed by atoms with Crippen LogP contribution in [0.5, 0.6) is 5.75 Å². The van der Waals surface area contributed by atoms with Crippen molar-refractivity contribution in [2.75, 3.05) is 0 Å². The minimum atomic E-state index is -3.78. The van der Waals surface area contributed by atoms with Crippen LogP contribution in [-0.2, 0) is 10.3 Å². The molecule has 0 atom stereocenters. The second-order valence-corrected chi connectivity index (χ2v) is 4.50. The van der Waals surface area contributed by atoms with Gasteiger partial charge in [-0.15, -0.1) is 4.40 Å². The average molecular weight is 225 g/mol. The van der Waals surface area contributed by atoms with Crippen molar-refractivity contribution in [2.45, 2.75) is 19.8 Å². The highest BCUT2D eigenvalue weighted by molar-refractivity contribution is 7.86. The second kappa shape index (κ2) is 3.66. The highest BCUT2D eigenvalue weighted by atomic mass is 32.2. The predicted molar refractivity (Wildman–Crippen MR) is 57.4 cm³/mol. The Kier molecular flexibility index (Phi) is 2.48. The van der Waals surface area contributed by atoms with E-state index in [9.17, 15) is 8.42 Å². The molecule has 5 heteroatoms. The average Bonchev–Trinajstić information content (AvgIpc) is 2.16. The van der Waals surface area contributed by atoms with E-state index in [4.69, 9.17) is 4.18 Å². The van der Waals surface area contributed by atoms with E-state index in [-0.39, 0.29) is 0 Å². The van der Waals surface area contributed by atoms with E-state index < -0.39 is 10.3 Å². The number of para-hydroxylation sites is 1. The van der Waals surface area contributed by atoms with Crippen molar-refractivity contribution in [2.24, 2.45) is 4.40 Å². The van der Waals surface area contributed by atoms with Crippen LogP contribution in [0.25, 0.3) is 0 Å². The van der Waals surface area contributed by atoms with E-state index in [0.29, 0.717) is 17.9 Å². The fourth-order valence-corrected chi connectivity index (χ4v) is 2.38. The molecule has 1 aromatic carbocycles. The standard InChI is InChI=1S/C10H11NO3S/c1-2-5-9-8-6-3-4-7-10(8)14-15(12,13)11-9/h3-4,6-7H,2,5H2,1H3. The fourth-order valence-electron chi connectivity index (χ4n) is 1.51. The molecule has 0 unspecified atom stereocenters. The Bertz CT molecular complexity index is 505. The van der Waals surface area contributed by atoms with Gasteiger partial charge in [0.1, 0.15) is 0 Å². The van der Waals surface area contributed by atoms with Crippen LogP contribution < -0.4 is 4.18 Å². The third-order valence-corrected chi connectivity index (χ3v) is 2.94. The molecule has 0 saturated heterocycles. The maximum absolute atomic E-state index is 11.3. The Morgan fingerprint density at radius 3 is 2.80 bits per heavy atom. The number of nitrogens with zero attached hydrogens (tertiary/aromatic N) is 1. The number of hydrogen-bond donors (Lipinski definition) is 0. The molecule has 2 rings (SSSR count). The van der Waals surface area contributed by atoms with Gasteiger partial charge in [0.2, 0.25) is 0 Å². The number of hydrogen-bond acceptors (Lipinski definition) is 3. The van der Waals surface area contributed by atoms with Gasteiger partial charge in [-0.1, -0.05) is 25.5 Å². The van der Waals surface area contributed by atoms with Gasteiger partial charge >= 0.3 is 10.3 Å². The van der Waals surface area contributed by atoms with Gasteiger partial charge in [-0.3, -0.25) is 0 Å². The predicted octanol–water partition coefficient (Wildman–Crippen LogP) is 1.91.